The predicted octanol–water partition coefficient (Wildman–Crippen LogP) is 5.35. The van der Waals surface area contributed by atoms with Gasteiger partial charge in [0.05, 0.1) is 24.7 Å². The van der Waals surface area contributed by atoms with Gasteiger partial charge in [0.2, 0.25) is 0 Å². The molecule has 2 heterocycles. The maximum atomic E-state index is 13.3. The van der Waals surface area contributed by atoms with Crippen LogP contribution in [0.25, 0.3) is 0 Å². The monoisotopic (exact) mass is 550 g/mol. The fourth-order valence-electron chi connectivity index (χ4n) is 4.01. The van der Waals surface area contributed by atoms with E-state index in [9.17, 15) is 8.42 Å². The zero-order valence-corrected chi connectivity index (χ0v) is 21.9. The van der Waals surface area contributed by atoms with Gasteiger partial charge in [0.25, 0.3) is 0 Å². The quantitative estimate of drug-likeness (QED) is 0.376. The molecule has 1 aliphatic rings. The Morgan fingerprint density at radius 1 is 1.15 bits per heavy atom. The van der Waals surface area contributed by atoms with E-state index >= 15 is 0 Å². The molecule has 0 aliphatic carbocycles. The number of nitrogens with zero attached hydrogens (tertiary/aromatic N) is 2. The van der Waals surface area contributed by atoms with E-state index in [4.69, 9.17) is 14.5 Å². The number of rotatable bonds is 8. The molecule has 0 bridgehead atoms. The van der Waals surface area contributed by atoms with Crippen LogP contribution in [0.5, 0.6) is 11.5 Å². The summed E-state index contributed by atoms with van der Waals surface area (Å²) in [7, 11) is -1.99. The lowest BCUT2D eigenvalue weighted by molar-refractivity contribution is 0.340. The van der Waals surface area contributed by atoms with Gasteiger partial charge < -0.3 is 14.4 Å². The molecular weight excluding hydrogens is 524 g/mol. The van der Waals surface area contributed by atoms with Gasteiger partial charge in [0.15, 0.2) is 15.0 Å². The van der Waals surface area contributed by atoms with Crippen molar-refractivity contribution in [3.05, 3.63) is 63.6 Å². The van der Waals surface area contributed by atoms with Crippen LogP contribution in [0.2, 0.25) is 0 Å². The van der Waals surface area contributed by atoms with E-state index in [0.29, 0.717) is 38.3 Å². The van der Waals surface area contributed by atoms with Gasteiger partial charge in [0.1, 0.15) is 16.4 Å². The Bertz CT molecular complexity index is 1190. The molecule has 1 aliphatic heterocycles. The highest BCUT2D eigenvalue weighted by atomic mass is 79.9. The van der Waals surface area contributed by atoms with Gasteiger partial charge in [-0.05, 0) is 55.7 Å². The molecule has 0 spiro atoms. The Labute approximate surface area is 207 Å². The van der Waals surface area contributed by atoms with Crippen molar-refractivity contribution in [1.29, 1.82) is 0 Å². The first-order valence-electron chi connectivity index (χ1n) is 10.9. The molecule has 176 valence electrons. The van der Waals surface area contributed by atoms with Crippen molar-refractivity contribution in [3.63, 3.8) is 0 Å². The number of hydrogen-bond acceptors (Lipinski definition) is 7. The van der Waals surface area contributed by atoms with Gasteiger partial charge in [-0.2, -0.15) is 0 Å². The topological polar surface area (TPSA) is 68.7 Å². The zero-order valence-electron chi connectivity index (χ0n) is 18.7. The fourth-order valence-corrected chi connectivity index (χ4v) is 7.32. The summed E-state index contributed by atoms with van der Waals surface area (Å²) < 4.78 is 38.1. The molecule has 4 rings (SSSR count). The number of piperidine rings is 1. The van der Waals surface area contributed by atoms with Crippen LogP contribution >= 0.6 is 27.3 Å². The number of halogens is 1. The van der Waals surface area contributed by atoms with Gasteiger partial charge in [-0.15, -0.1) is 11.3 Å². The first kappa shape index (κ1) is 24.0. The third-order valence-electron chi connectivity index (χ3n) is 5.74. The SMILES string of the molecule is CCOc1ccc(Cc2csc(N3CCC(S(=O)(=O)c4cc(Br)ccc4OC)CC3)n2)cc1. The maximum Gasteiger partial charge on any atom is 0.185 e. The molecule has 0 saturated carbocycles. The molecule has 2 aromatic carbocycles. The number of thiazole rings is 1. The maximum absolute atomic E-state index is 13.3. The van der Waals surface area contributed by atoms with Crippen molar-refractivity contribution >= 4 is 42.2 Å². The second kappa shape index (κ2) is 10.4. The van der Waals surface area contributed by atoms with Crippen molar-refractivity contribution in [2.24, 2.45) is 0 Å². The molecule has 1 fully saturated rings. The summed E-state index contributed by atoms with van der Waals surface area (Å²) in [6, 6.07) is 13.2. The van der Waals surface area contributed by atoms with Crippen LogP contribution in [0.1, 0.15) is 31.0 Å². The molecule has 0 atom stereocenters. The van der Waals surface area contributed by atoms with Crippen LogP contribution in [-0.4, -0.2) is 45.5 Å². The predicted molar refractivity (Wildman–Crippen MR) is 136 cm³/mol. The van der Waals surface area contributed by atoms with E-state index < -0.39 is 15.1 Å². The first-order chi connectivity index (χ1) is 15.9. The van der Waals surface area contributed by atoms with Crippen molar-refractivity contribution in [3.8, 4) is 11.5 Å². The number of sulfone groups is 1. The van der Waals surface area contributed by atoms with Gasteiger partial charge in [-0.25, -0.2) is 13.4 Å². The minimum atomic E-state index is -3.49. The normalized spacial score (nSPS) is 14.9. The Morgan fingerprint density at radius 2 is 1.88 bits per heavy atom. The molecular formula is C24H27BrN2O4S2. The van der Waals surface area contributed by atoms with E-state index in [-0.39, 0.29) is 4.90 Å². The molecule has 1 saturated heterocycles. The smallest absolute Gasteiger partial charge is 0.185 e. The highest BCUT2D eigenvalue weighted by Crippen LogP contribution is 2.34. The standard InChI is InChI=1S/C24H27BrN2O4S2/c1-3-31-20-7-4-17(5-8-20)14-19-16-32-24(26-19)27-12-10-21(11-13-27)33(28,29)23-15-18(25)6-9-22(23)30-2/h4-9,15-16,21H,3,10-14H2,1-2H3. The minimum Gasteiger partial charge on any atom is -0.495 e. The van der Waals surface area contributed by atoms with E-state index in [2.05, 4.69) is 38.3 Å². The summed E-state index contributed by atoms with van der Waals surface area (Å²) in [5.41, 5.74) is 2.20. The Hall–Kier alpha value is -2.10. The summed E-state index contributed by atoms with van der Waals surface area (Å²) in [5.74, 6) is 1.26. The summed E-state index contributed by atoms with van der Waals surface area (Å²) in [6.45, 7) is 3.95. The largest absolute Gasteiger partial charge is 0.495 e. The highest BCUT2D eigenvalue weighted by molar-refractivity contribution is 9.10. The number of anilines is 1. The van der Waals surface area contributed by atoms with Crippen LogP contribution in [0.3, 0.4) is 0 Å². The second-order valence-electron chi connectivity index (χ2n) is 7.90. The van der Waals surface area contributed by atoms with Crippen molar-refractivity contribution in [1.82, 2.24) is 4.98 Å². The van der Waals surface area contributed by atoms with E-state index in [0.717, 1.165) is 27.5 Å². The molecule has 1 aromatic heterocycles. The number of methoxy groups -OCH3 is 1. The molecule has 33 heavy (non-hydrogen) atoms. The van der Waals surface area contributed by atoms with Crippen LogP contribution in [0.4, 0.5) is 5.13 Å². The van der Waals surface area contributed by atoms with E-state index in [1.54, 1.807) is 29.5 Å². The summed E-state index contributed by atoms with van der Waals surface area (Å²) in [4.78, 5) is 7.26. The van der Waals surface area contributed by atoms with Crippen LogP contribution < -0.4 is 14.4 Å². The van der Waals surface area contributed by atoms with E-state index in [1.807, 2.05) is 19.1 Å². The molecule has 3 aromatic rings. The third-order valence-corrected chi connectivity index (χ3v) is 9.47. The number of aromatic nitrogens is 1. The van der Waals surface area contributed by atoms with Gasteiger partial charge >= 0.3 is 0 Å². The first-order valence-corrected chi connectivity index (χ1v) is 14.1. The lowest BCUT2D eigenvalue weighted by Crippen LogP contribution is -2.39. The summed E-state index contributed by atoms with van der Waals surface area (Å²) in [5, 5.41) is 2.60. The van der Waals surface area contributed by atoms with E-state index in [1.165, 1.54) is 12.7 Å². The molecule has 0 radical (unpaired) electrons. The molecule has 6 nitrogen and oxygen atoms in total. The molecule has 9 heteroatoms. The zero-order chi connectivity index (χ0) is 23.4. The van der Waals surface area contributed by atoms with Crippen LogP contribution in [-0.2, 0) is 16.3 Å². The van der Waals surface area contributed by atoms with Crippen molar-refractivity contribution in [2.45, 2.75) is 36.3 Å². The average molecular weight is 552 g/mol. The third kappa shape index (κ3) is 5.53. The number of hydrogen-bond donors (Lipinski definition) is 0. The number of ether oxygens (including phenoxy) is 2. The van der Waals surface area contributed by atoms with Gasteiger partial charge in [0, 0.05) is 29.4 Å². The Balaban J connectivity index is 1.39. The molecule has 0 unspecified atom stereocenters. The average Bonchev–Trinajstić information content (AvgIpc) is 3.29. The summed E-state index contributed by atoms with van der Waals surface area (Å²) >= 11 is 4.99. The van der Waals surface area contributed by atoms with Gasteiger partial charge in [-0.1, -0.05) is 28.1 Å². The Kier molecular flexibility index (Phi) is 7.61. The lowest BCUT2D eigenvalue weighted by Gasteiger charge is -2.31. The highest BCUT2D eigenvalue weighted by Gasteiger charge is 2.34. The van der Waals surface area contributed by atoms with Gasteiger partial charge in [-0.3, -0.25) is 0 Å². The van der Waals surface area contributed by atoms with Crippen molar-refractivity contribution < 1.29 is 17.9 Å². The minimum absolute atomic E-state index is 0.254. The van der Waals surface area contributed by atoms with Crippen LogP contribution in [0, 0.1) is 0 Å². The lowest BCUT2D eigenvalue weighted by atomic mass is 10.1. The second-order valence-corrected chi connectivity index (χ2v) is 11.9. The molecule has 0 amide bonds. The molecule has 0 N–H and O–H groups in total. The van der Waals surface area contributed by atoms with Crippen molar-refractivity contribution in [2.75, 3.05) is 31.7 Å². The Morgan fingerprint density at radius 3 is 2.55 bits per heavy atom. The summed E-state index contributed by atoms with van der Waals surface area (Å²) in [6.07, 6.45) is 1.88. The number of benzene rings is 2. The fraction of sp³-hybridized carbons (Fsp3) is 0.375. The van der Waals surface area contributed by atoms with Crippen LogP contribution in [0.15, 0.2) is 57.2 Å².